The van der Waals surface area contributed by atoms with Crippen LogP contribution in [0.3, 0.4) is 0 Å². The number of rotatable bonds is 0. The van der Waals surface area contributed by atoms with Gasteiger partial charge in [0, 0.05) is 0 Å². The van der Waals surface area contributed by atoms with Gasteiger partial charge in [0.1, 0.15) is 0 Å². The quantitative estimate of drug-likeness (QED) is 0.422. The molecule has 1 aliphatic heterocycles. The molecule has 3 heteroatoms. The number of carbonyl (C=O) groups is 1. The van der Waals surface area contributed by atoms with Gasteiger partial charge in [-0.3, -0.25) is 4.90 Å². The zero-order valence-electron chi connectivity index (χ0n) is 8.33. The van der Waals surface area contributed by atoms with Crippen molar-refractivity contribution in [3.63, 3.8) is 0 Å². The summed E-state index contributed by atoms with van der Waals surface area (Å²) < 4.78 is 4.76. The largest absolute Gasteiger partial charge is 0.453 e. The van der Waals surface area contributed by atoms with Gasteiger partial charge in [0.25, 0.3) is 0 Å². The fourth-order valence-corrected chi connectivity index (χ4v) is 2.47. The van der Waals surface area contributed by atoms with Gasteiger partial charge in [-0.1, -0.05) is 12.2 Å². The predicted octanol–water partition coefficient (Wildman–Crippen LogP) is 1.94. The van der Waals surface area contributed by atoms with E-state index in [1.54, 1.807) is 0 Å². The van der Waals surface area contributed by atoms with E-state index >= 15 is 0 Å². The molecule has 2 rings (SSSR count). The highest BCUT2D eigenvalue weighted by Gasteiger charge is 2.71. The number of nitrogens with zero attached hydrogens (tertiary/aromatic N) is 1. The average molecular weight is 181 g/mol. The highest BCUT2D eigenvalue weighted by molar-refractivity contribution is 5.75. The first-order chi connectivity index (χ1) is 6.06. The second kappa shape index (κ2) is 2.28. The fourth-order valence-electron chi connectivity index (χ4n) is 2.47. The molecule has 0 spiro atoms. The van der Waals surface area contributed by atoms with E-state index in [1.165, 1.54) is 7.11 Å². The fraction of sp³-hybridized carbons (Fsp3) is 0.700. The van der Waals surface area contributed by atoms with Gasteiger partial charge in [0.2, 0.25) is 0 Å². The van der Waals surface area contributed by atoms with E-state index in [2.05, 4.69) is 26.0 Å². The maximum Gasteiger partial charge on any atom is 0.410 e. The van der Waals surface area contributed by atoms with Gasteiger partial charge in [0.05, 0.1) is 18.2 Å². The molecule has 1 amide bonds. The number of hydrogen-bond donors (Lipinski definition) is 0. The van der Waals surface area contributed by atoms with Crippen LogP contribution >= 0.6 is 0 Å². The van der Waals surface area contributed by atoms with E-state index < -0.39 is 0 Å². The number of fused-ring (bicyclic) bond motifs is 1. The summed E-state index contributed by atoms with van der Waals surface area (Å²) in [6.45, 7) is 4.24. The van der Waals surface area contributed by atoms with Crippen molar-refractivity contribution < 1.29 is 9.53 Å². The van der Waals surface area contributed by atoms with Crippen LogP contribution in [0.5, 0.6) is 0 Å². The monoisotopic (exact) mass is 181 g/mol. The summed E-state index contributed by atoms with van der Waals surface area (Å²) >= 11 is 0. The smallest absolute Gasteiger partial charge is 0.410 e. The zero-order chi connectivity index (χ0) is 9.69. The number of hydrogen-bond acceptors (Lipinski definition) is 2. The van der Waals surface area contributed by atoms with E-state index in [9.17, 15) is 4.79 Å². The predicted molar refractivity (Wildman–Crippen MR) is 49.4 cm³/mol. The van der Waals surface area contributed by atoms with Crippen molar-refractivity contribution in [1.82, 2.24) is 4.90 Å². The van der Waals surface area contributed by atoms with Crippen LogP contribution in [0.4, 0.5) is 4.79 Å². The zero-order valence-corrected chi connectivity index (χ0v) is 8.33. The maximum absolute atomic E-state index is 11.4. The lowest BCUT2D eigenvalue weighted by Crippen LogP contribution is -2.20. The van der Waals surface area contributed by atoms with E-state index in [4.69, 9.17) is 4.74 Å². The van der Waals surface area contributed by atoms with Gasteiger partial charge in [-0.2, -0.15) is 0 Å². The average Bonchev–Trinajstić information content (AvgIpc) is 2.62. The molecule has 0 aromatic carbocycles. The van der Waals surface area contributed by atoms with Crippen molar-refractivity contribution in [1.29, 1.82) is 0 Å². The lowest BCUT2D eigenvalue weighted by Gasteiger charge is -2.13. The minimum atomic E-state index is -0.200. The first-order valence-electron chi connectivity index (χ1n) is 4.59. The van der Waals surface area contributed by atoms with Crippen molar-refractivity contribution in [2.45, 2.75) is 37.8 Å². The Morgan fingerprint density at radius 3 is 2.15 bits per heavy atom. The van der Waals surface area contributed by atoms with Crippen LogP contribution in [0.25, 0.3) is 0 Å². The molecule has 2 aliphatic rings. The topological polar surface area (TPSA) is 29.3 Å². The Kier molecular flexibility index (Phi) is 1.51. The Hall–Kier alpha value is -0.990. The minimum Gasteiger partial charge on any atom is -0.453 e. The van der Waals surface area contributed by atoms with Crippen LogP contribution in [0.2, 0.25) is 0 Å². The van der Waals surface area contributed by atoms with E-state index in [0.717, 1.165) is 12.8 Å². The molecule has 0 unspecified atom stereocenters. The molecule has 1 heterocycles. The standard InChI is InChI=1S/C10H15NO2/c1-9-6-4-5-7-10(9,2)11(9)8(12)13-3/h4-5H,6-7H2,1-3H3/t9-,10-/m0/s1. The van der Waals surface area contributed by atoms with Crippen LogP contribution in [-0.2, 0) is 4.74 Å². The van der Waals surface area contributed by atoms with Gasteiger partial charge in [0.15, 0.2) is 0 Å². The van der Waals surface area contributed by atoms with Gasteiger partial charge < -0.3 is 4.74 Å². The van der Waals surface area contributed by atoms with Crippen LogP contribution in [0.15, 0.2) is 12.2 Å². The summed E-state index contributed by atoms with van der Waals surface area (Å²) in [6, 6.07) is 0. The number of carbonyl (C=O) groups excluding carboxylic acids is 1. The maximum atomic E-state index is 11.4. The molecule has 0 radical (unpaired) electrons. The van der Waals surface area contributed by atoms with Crippen LogP contribution in [0, 0.1) is 0 Å². The molecule has 3 nitrogen and oxygen atoms in total. The van der Waals surface area contributed by atoms with Crippen molar-refractivity contribution >= 4 is 6.09 Å². The van der Waals surface area contributed by atoms with Crippen LogP contribution in [-0.4, -0.2) is 29.2 Å². The van der Waals surface area contributed by atoms with Crippen LogP contribution < -0.4 is 0 Å². The minimum absolute atomic E-state index is 0.00512. The van der Waals surface area contributed by atoms with Gasteiger partial charge in [-0.15, -0.1) is 0 Å². The summed E-state index contributed by atoms with van der Waals surface area (Å²) in [5.74, 6) is 0. The summed E-state index contributed by atoms with van der Waals surface area (Å²) in [4.78, 5) is 13.3. The molecule has 1 saturated heterocycles. The van der Waals surface area contributed by atoms with Gasteiger partial charge >= 0.3 is 6.09 Å². The van der Waals surface area contributed by atoms with Crippen molar-refractivity contribution in [2.75, 3.05) is 7.11 Å². The Bertz CT molecular complexity index is 267. The molecule has 1 aliphatic carbocycles. The Labute approximate surface area is 78.4 Å². The summed E-state index contributed by atoms with van der Waals surface area (Å²) in [5.41, 5.74) is -0.0102. The normalized spacial score (nSPS) is 41.3. The molecule has 0 N–H and O–H groups in total. The molecule has 13 heavy (non-hydrogen) atoms. The molecule has 0 bridgehead atoms. The molecule has 2 atom stereocenters. The first-order valence-corrected chi connectivity index (χ1v) is 4.59. The van der Waals surface area contributed by atoms with E-state index in [0.29, 0.717) is 0 Å². The second-order valence-electron chi connectivity index (χ2n) is 4.23. The molecule has 0 aromatic rings. The third-order valence-corrected chi connectivity index (χ3v) is 3.65. The lowest BCUT2D eigenvalue weighted by atomic mass is 9.86. The molecular formula is C10H15NO2. The number of ether oxygens (including phenoxy) is 1. The van der Waals surface area contributed by atoms with E-state index in [1.807, 2.05) is 4.90 Å². The highest BCUT2D eigenvalue weighted by Crippen LogP contribution is 2.58. The third-order valence-electron chi connectivity index (χ3n) is 3.65. The Balaban J connectivity index is 2.24. The Morgan fingerprint density at radius 2 is 1.77 bits per heavy atom. The summed E-state index contributed by atoms with van der Waals surface area (Å²) in [6.07, 6.45) is 5.97. The molecule has 0 aromatic heterocycles. The third kappa shape index (κ3) is 0.820. The van der Waals surface area contributed by atoms with Crippen LogP contribution in [0.1, 0.15) is 26.7 Å². The SMILES string of the molecule is COC(=O)N1[C@@]2(C)CC=CC[C@]12C. The van der Waals surface area contributed by atoms with Gasteiger partial charge in [-0.25, -0.2) is 4.79 Å². The highest BCUT2D eigenvalue weighted by atomic mass is 16.5. The Morgan fingerprint density at radius 1 is 1.31 bits per heavy atom. The number of amides is 1. The van der Waals surface area contributed by atoms with Crippen molar-refractivity contribution in [3.8, 4) is 0 Å². The summed E-state index contributed by atoms with van der Waals surface area (Å²) in [5, 5.41) is 0. The molecular weight excluding hydrogens is 166 g/mol. The molecule has 72 valence electrons. The second-order valence-corrected chi connectivity index (χ2v) is 4.23. The summed E-state index contributed by atoms with van der Waals surface area (Å²) in [7, 11) is 1.44. The van der Waals surface area contributed by atoms with E-state index in [-0.39, 0.29) is 17.2 Å². The van der Waals surface area contributed by atoms with Crippen molar-refractivity contribution in [2.24, 2.45) is 0 Å². The van der Waals surface area contributed by atoms with Gasteiger partial charge in [-0.05, 0) is 26.7 Å². The molecule has 0 saturated carbocycles. The number of methoxy groups -OCH3 is 1. The first kappa shape index (κ1) is 8.60. The van der Waals surface area contributed by atoms with Crippen molar-refractivity contribution in [3.05, 3.63) is 12.2 Å². The molecule has 1 fully saturated rings. The lowest BCUT2D eigenvalue weighted by molar-refractivity contribution is 0.144.